The Labute approximate surface area is 190 Å². The van der Waals surface area contributed by atoms with E-state index in [9.17, 15) is 13.7 Å². The Kier molecular flexibility index (Phi) is 5.95. The molecule has 0 fully saturated rings. The van der Waals surface area contributed by atoms with Crippen molar-refractivity contribution < 1.29 is 17.3 Å². The first-order valence-electron chi connectivity index (χ1n) is 9.56. The van der Waals surface area contributed by atoms with Gasteiger partial charge in [0.15, 0.2) is 11.5 Å². The fraction of sp³-hybridized carbons (Fsp3) is 0.0833. The van der Waals surface area contributed by atoms with Crippen LogP contribution in [0.5, 0.6) is 11.5 Å². The maximum atomic E-state index is 12.6. The van der Waals surface area contributed by atoms with Gasteiger partial charge in [0, 0.05) is 0 Å². The minimum absolute atomic E-state index is 0.0525. The molecule has 0 N–H and O–H groups in total. The molecule has 160 valence electrons. The van der Waals surface area contributed by atoms with Gasteiger partial charge in [0.1, 0.15) is 16.0 Å². The summed E-state index contributed by atoms with van der Waals surface area (Å²) in [5, 5.41) is 10.3. The standard InChI is InChI=1S/C24H18N2O4S2/c1-16-7-10-19(11-8-16)32(27,28)30-21-12-9-17(14-22(21)29-2)13-18(15-25)24-26-20-5-3-4-6-23(20)31-24/h3-14H,1-2H3/b18-13+. The van der Waals surface area contributed by atoms with Crippen molar-refractivity contribution in [1.82, 2.24) is 4.98 Å². The van der Waals surface area contributed by atoms with Gasteiger partial charge < -0.3 is 8.92 Å². The number of ether oxygens (including phenoxy) is 1. The number of hydrogen-bond donors (Lipinski definition) is 0. The summed E-state index contributed by atoms with van der Waals surface area (Å²) in [6.07, 6.45) is 1.68. The SMILES string of the molecule is COc1cc(/C=C(\C#N)c2nc3ccccc3s2)ccc1OS(=O)(=O)c1ccc(C)cc1. The first kappa shape index (κ1) is 21.6. The molecule has 4 rings (SSSR count). The van der Waals surface area contributed by atoms with Crippen LogP contribution in [-0.4, -0.2) is 20.5 Å². The molecule has 0 spiro atoms. The van der Waals surface area contributed by atoms with E-state index >= 15 is 0 Å². The zero-order chi connectivity index (χ0) is 22.7. The van der Waals surface area contributed by atoms with Crippen molar-refractivity contribution in [3.63, 3.8) is 0 Å². The van der Waals surface area contributed by atoms with Crippen LogP contribution < -0.4 is 8.92 Å². The Bertz CT molecular complexity index is 1430. The first-order valence-corrected chi connectivity index (χ1v) is 11.8. The molecule has 1 heterocycles. The Balaban J connectivity index is 1.65. The number of hydrogen-bond acceptors (Lipinski definition) is 7. The highest BCUT2D eigenvalue weighted by Gasteiger charge is 2.19. The zero-order valence-electron chi connectivity index (χ0n) is 17.3. The fourth-order valence-corrected chi connectivity index (χ4v) is 4.88. The summed E-state index contributed by atoms with van der Waals surface area (Å²) in [6.45, 7) is 1.87. The number of nitrogens with zero attached hydrogens (tertiary/aromatic N) is 2. The molecule has 0 saturated carbocycles. The number of aromatic nitrogens is 1. The molecule has 0 atom stereocenters. The predicted molar refractivity (Wildman–Crippen MR) is 125 cm³/mol. The second kappa shape index (κ2) is 8.83. The largest absolute Gasteiger partial charge is 0.493 e. The lowest BCUT2D eigenvalue weighted by atomic mass is 10.1. The van der Waals surface area contributed by atoms with Crippen LogP contribution >= 0.6 is 11.3 Å². The van der Waals surface area contributed by atoms with Gasteiger partial charge in [0.2, 0.25) is 0 Å². The highest BCUT2D eigenvalue weighted by atomic mass is 32.2. The van der Waals surface area contributed by atoms with Crippen molar-refractivity contribution in [3.8, 4) is 17.6 Å². The highest BCUT2D eigenvalue weighted by molar-refractivity contribution is 7.87. The Morgan fingerprint density at radius 2 is 1.81 bits per heavy atom. The van der Waals surface area contributed by atoms with Gasteiger partial charge in [-0.2, -0.15) is 13.7 Å². The van der Waals surface area contributed by atoms with Crippen LogP contribution in [0.15, 0.2) is 71.6 Å². The van der Waals surface area contributed by atoms with Crippen LogP contribution in [0.1, 0.15) is 16.1 Å². The second-order valence-corrected chi connectivity index (χ2v) is 9.49. The summed E-state index contributed by atoms with van der Waals surface area (Å²) in [6, 6.07) is 21.0. The molecular weight excluding hydrogens is 444 g/mol. The summed E-state index contributed by atoms with van der Waals surface area (Å²) in [5.41, 5.74) is 2.82. The number of fused-ring (bicyclic) bond motifs is 1. The van der Waals surface area contributed by atoms with Crippen molar-refractivity contribution in [2.45, 2.75) is 11.8 Å². The van der Waals surface area contributed by atoms with E-state index in [0.29, 0.717) is 16.1 Å². The number of thiazole rings is 1. The van der Waals surface area contributed by atoms with E-state index in [-0.39, 0.29) is 16.4 Å². The Morgan fingerprint density at radius 3 is 2.50 bits per heavy atom. The molecular formula is C24H18N2O4S2. The van der Waals surface area contributed by atoms with Crippen molar-refractivity contribution in [3.05, 3.63) is 82.9 Å². The van der Waals surface area contributed by atoms with Crippen LogP contribution in [0.25, 0.3) is 21.9 Å². The zero-order valence-corrected chi connectivity index (χ0v) is 18.9. The molecule has 0 aliphatic carbocycles. The minimum Gasteiger partial charge on any atom is -0.493 e. The van der Waals surface area contributed by atoms with Gasteiger partial charge in [-0.3, -0.25) is 0 Å². The van der Waals surface area contributed by atoms with Crippen molar-refractivity contribution in [2.24, 2.45) is 0 Å². The summed E-state index contributed by atoms with van der Waals surface area (Å²) in [4.78, 5) is 4.57. The molecule has 8 heteroatoms. The molecule has 0 radical (unpaired) electrons. The molecule has 0 unspecified atom stereocenters. The summed E-state index contributed by atoms with van der Waals surface area (Å²) in [7, 11) is -2.59. The van der Waals surface area contributed by atoms with Gasteiger partial charge >= 0.3 is 10.1 Å². The summed E-state index contributed by atoms with van der Waals surface area (Å²) in [5.74, 6) is 0.291. The van der Waals surface area contributed by atoms with E-state index in [1.54, 1.807) is 30.3 Å². The number of methoxy groups -OCH3 is 1. The topological polar surface area (TPSA) is 89.3 Å². The maximum Gasteiger partial charge on any atom is 0.339 e. The molecule has 0 amide bonds. The van der Waals surface area contributed by atoms with E-state index in [0.717, 1.165) is 15.8 Å². The number of benzene rings is 3. The molecule has 4 aromatic rings. The highest BCUT2D eigenvalue weighted by Crippen LogP contribution is 2.33. The number of nitriles is 1. The number of allylic oxidation sites excluding steroid dienone is 1. The lowest BCUT2D eigenvalue weighted by molar-refractivity contribution is 0.390. The Morgan fingerprint density at radius 1 is 1.06 bits per heavy atom. The van der Waals surface area contributed by atoms with Crippen molar-refractivity contribution in [2.75, 3.05) is 7.11 Å². The molecule has 3 aromatic carbocycles. The first-order chi connectivity index (χ1) is 15.4. The lowest BCUT2D eigenvalue weighted by Gasteiger charge is -2.11. The van der Waals surface area contributed by atoms with Crippen LogP contribution in [0.3, 0.4) is 0 Å². The van der Waals surface area contributed by atoms with Crippen LogP contribution in [0.4, 0.5) is 0 Å². The van der Waals surface area contributed by atoms with Gasteiger partial charge in [0.25, 0.3) is 0 Å². The van der Waals surface area contributed by atoms with E-state index in [1.165, 1.54) is 36.6 Å². The molecule has 0 aliphatic heterocycles. The van der Waals surface area contributed by atoms with Crippen LogP contribution in [0, 0.1) is 18.3 Å². The van der Waals surface area contributed by atoms with Gasteiger partial charge in [-0.15, -0.1) is 11.3 Å². The van der Waals surface area contributed by atoms with E-state index < -0.39 is 10.1 Å². The van der Waals surface area contributed by atoms with Gasteiger partial charge in [-0.05, 0) is 55.0 Å². The molecule has 0 aliphatic rings. The number of para-hydroxylation sites is 1. The molecule has 0 bridgehead atoms. The van der Waals surface area contributed by atoms with E-state index in [1.807, 2.05) is 31.2 Å². The summed E-state index contributed by atoms with van der Waals surface area (Å²) < 4.78 is 36.9. The minimum atomic E-state index is -4.02. The molecule has 6 nitrogen and oxygen atoms in total. The Hall–Kier alpha value is -3.67. The molecule has 32 heavy (non-hydrogen) atoms. The number of aryl methyl sites for hydroxylation is 1. The average molecular weight is 463 g/mol. The van der Waals surface area contributed by atoms with Gasteiger partial charge in [-0.1, -0.05) is 35.9 Å². The van der Waals surface area contributed by atoms with Crippen LogP contribution in [0.2, 0.25) is 0 Å². The van der Waals surface area contributed by atoms with Crippen molar-refractivity contribution >= 4 is 43.3 Å². The second-order valence-electron chi connectivity index (χ2n) is 6.92. The summed E-state index contributed by atoms with van der Waals surface area (Å²) >= 11 is 1.43. The maximum absolute atomic E-state index is 12.6. The predicted octanol–water partition coefficient (Wildman–Crippen LogP) is 5.45. The smallest absolute Gasteiger partial charge is 0.339 e. The van der Waals surface area contributed by atoms with Gasteiger partial charge in [0.05, 0.1) is 22.9 Å². The fourth-order valence-electron chi connectivity index (χ4n) is 3.01. The monoisotopic (exact) mass is 462 g/mol. The number of rotatable bonds is 6. The lowest BCUT2D eigenvalue weighted by Crippen LogP contribution is -2.10. The molecule has 0 saturated heterocycles. The van der Waals surface area contributed by atoms with Crippen molar-refractivity contribution in [1.29, 1.82) is 5.26 Å². The van der Waals surface area contributed by atoms with Crippen LogP contribution in [-0.2, 0) is 10.1 Å². The quantitative estimate of drug-likeness (QED) is 0.280. The van der Waals surface area contributed by atoms with E-state index in [4.69, 9.17) is 8.92 Å². The third-order valence-corrected chi connectivity index (χ3v) is 6.97. The van der Waals surface area contributed by atoms with E-state index in [2.05, 4.69) is 11.1 Å². The third kappa shape index (κ3) is 4.49. The molecule has 1 aromatic heterocycles. The normalized spacial score (nSPS) is 11.8. The average Bonchev–Trinajstić information content (AvgIpc) is 3.22. The van der Waals surface area contributed by atoms with Gasteiger partial charge in [-0.25, -0.2) is 4.98 Å². The third-order valence-electron chi connectivity index (χ3n) is 4.65.